The molecule has 0 amide bonds. The van der Waals surface area contributed by atoms with Gasteiger partial charge in [0.25, 0.3) is 10.1 Å². The summed E-state index contributed by atoms with van der Waals surface area (Å²) in [5, 5.41) is 0. The molecule has 1 unspecified atom stereocenters. The van der Waals surface area contributed by atoms with Crippen molar-refractivity contribution in [2.75, 3.05) is 5.75 Å². The highest BCUT2D eigenvalue weighted by Crippen LogP contribution is 2.20. The lowest BCUT2D eigenvalue weighted by Crippen LogP contribution is -2.21. The number of rotatable bonds is 6. The molecule has 24 heavy (non-hydrogen) atoms. The summed E-state index contributed by atoms with van der Waals surface area (Å²) < 4.78 is 89.0. The molecule has 9 nitrogen and oxygen atoms in total. The van der Waals surface area contributed by atoms with Crippen molar-refractivity contribution in [1.29, 1.82) is 0 Å². The smallest absolute Gasteiger partial charge is 0.334 e. The number of hydrogen-bond donors (Lipinski definition) is 3. The third-order valence-electron chi connectivity index (χ3n) is 2.50. The van der Waals surface area contributed by atoms with Crippen LogP contribution in [-0.4, -0.2) is 46.8 Å². The van der Waals surface area contributed by atoms with Gasteiger partial charge in [-0.1, -0.05) is 0 Å². The monoisotopic (exact) mass is 397 g/mol. The number of unbranched alkanes of at least 4 members (excludes halogenated alkanes) is 1. The van der Waals surface area contributed by atoms with Crippen LogP contribution < -0.4 is 5.73 Å². The van der Waals surface area contributed by atoms with E-state index >= 15 is 0 Å². The molecule has 0 bridgehead atoms. The summed E-state index contributed by atoms with van der Waals surface area (Å²) in [5.74, 6) is 0.585. The summed E-state index contributed by atoms with van der Waals surface area (Å²) >= 11 is 0. The summed E-state index contributed by atoms with van der Waals surface area (Å²) in [6.07, 6.45) is 4.57. The molecule has 1 heterocycles. The molecule has 4 N–H and O–H groups in total. The first-order chi connectivity index (χ1) is 10.6. The Kier molecular flexibility index (Phi) is 8.31. The second kappa shape index (κ2) is 8.75. The van der Waals surface area contributed by atoms with Gasteiger partial charge in [-0.05, 0) is 19.8 Å². The standard InChI is InChI=1S/C9H17N3O3S.CHF3O3S/c1-8(10)9-11-4-6-12(9)5-2-3-7-16(13,14)15;2-1(3,4)8(5,6)7/h4,6,8H,2-3,5,7,10H2,1H3,(H,13,14,15);(H,5,6,7). The molecule has 1 rings (SSSR count). The van der Waals surface area contributed by atoms with Crippen LogP contribution in [0.1, 0.15) is 31.6 Å². The van der Waals surface area contributed by atoms with E-state index in [1.54, 1.807) is 6.20 Å². The molecule has 142 valence electrons. The van der Waals surface area contributed by atoms with Crippen molar-refractivity contribution in [1.82, 2.24) is 9.55 Å². The Morgan fingerprint density at radius 1 is 1.25 bits per heavy atom. The van der Waals surface area contributed by atoms with Crippen LogP contribution in [-0.2, 0) is 26.8 Å². The van der Waals surface area contributed by atoms with Crippen LogP contribution in [0.15, 0.2) is 12.4 Å². The van der Waals surface area contributed by atoms with E-state index in [0.717, 1.165) is 5.82 Å². The molecule has 0 aromatic carbocycles. The average Bonchev–Trinajstić information content (AvgIpc) is 2.80. The maximum Gasteiger partial charge on any atom is 0.522 e. The molecule has 14 heteroatoms. The van der Waals surface area contributed by atoms with E-state index in [2.05, 4.69) is 4.98 Å². The first-order valence-electron chi connectivity index (χ1n) is 6.40. The zero-order chi connectivity index (χ0) is 19.2. The van der Waals surface area contributed by atoms with E-state index in [1.807, 2.05) is 17.7 Å². The molecule has 0 saturated heterocycles. The van der Waals surface area contributed by atoms with E-state index in [0.29, 0.717) is 19.4 Å². The van der Waals surface area contributed by atoms with Crippen LogP contribution in [0.5, 0.6) is 0 Å². The number of hydrogen-bond acceptors (Lipinski definition) is 6. The molecule has 0 aliphatic heterocycles. The van der Waals surface area contributed by atoms with Crippen LogP contribution in [0.3, 0.4) is 0 Å². The van der Waals surface area contributed by atoms with Gasteiger partial charge in [-0.15, -0.1) is 0 Å². The lowest BCUT2D eigenvalue weighted by Gasteiger charge is -2.09. The third kappa shape index (κ3) is 9.17. The number of alkyl halides is 3. The predicted octanol–water partition coefficient (Wildman–Crippen LogP) is 0.965. The van der Waals surface area contributed by atoms with Gasteiger partial charge in [-0.25, -0.2) is 4.98 Å². The lowest BCUT2D eigenvalue weighted by molar-refractivity contribution is -0.0510. The normalized spacial score (nSPS) is 14.0. The van der Waals surface area contributed by atoms with Gasteiger partial charge < -0.3 is 10.3 Å². The minimum atomic E-state index is -5.84. The SMILES string of the molecule is CC(N)c1nccn1CCCCS(=O)(=O)O.O=S(=O)(O)C(F)(F)F. The number of aryl methyl sites for hydroxylation is 1. The predicted molar refractivity (Wildman–Crippen MR) is 78.1 cm³/mol. The minimum Gasteiger partial charge on any atom is -0.334 e. The van der Waals surface area contributed by atoms with E-state index < -0.39 is 25.7 Å². The van der Waals surface area contributed by atoms with Crippen molar-refractivity contribution >= 4 is 20.2 Å². The van der Waals surface area contributed by atoms with E-state index in [9.17, 15) is 21.6 Å². The summed E-state index contributed by atoms with van der Waals surface area (Å²) in [6.45, 7) is 2.50. The van der Waals surface area contributed by atoms with Crippen LogP contribution in [0.2, 0.25) is 0 Å². The fraction of sp³-hybridized carbons (Fsp3) is 0.700. The van der Waals surface area contributed by atoms with Gasteiger partial charge in [0, 0.05) is 18.9 Å². The highest BCUT2D eigenvalue weighted by atomic mass is 32.2. The Labute approximate surface area is 137 Å². The molecule has 0 aliphatic carbocycles. The molecule has 0 spiro atoms. The Hall–Kier alpha value is -1.22. The average molecular weight is 397 g/mol. The number of nitrogens with zero attached hydrogens (tertiary/aromatic N) is 2. The third-order valence-corrected chi connectivity index (χ3v) is 3.89. The van der Waals surface area contributed by atoms with Crippen molar-refractivity contribution < 1.29 is 39.1 Å². The van der Waals surface area contributed by atoms with Gasteiger partial charge in [0.1, 0.15) is 5.82 Å². The molecule has 0 radical (unpaired) electrons. The Morgan fingerprint density at radius 3 is 2.12 bits per heavy atom. The van der Waals surface area contributed by atoms with Gasteiger partial charge in [0.2, 0.25) is 0 Å². The highest BCUT2D eigenvalue weighted by molar-refractivity contribution is 7.86. The zero-order valence-electron chi connectivity index (χ0n) is 12.5. The first-order valence-corrected chi connectivity index (χ1v) is 9.45. The van der Waals surface area contributed by atoms with Gasteiger partial charge in [0.15, 0.2) is 0 Å². The van der Waals surface area contributed by atoms with Gasteiger partial charge in [0.05, 0.1) is 11.8 Å². The molecular formula is C10H18F3N3O6S2. The van der Waals surface area contributed by atoms with Gasteiger partial charge in [-0.3, -0.25) is 9.11 Å². The van der Waals surface area contributed by atoms with Crippen molar-refractivity contribution in [2.24, 2.45) is 5.73 Å². The van der Waals surface area contributed by atoms with Gasteiger partial charge >= 0.3 is 15.6 Å². The number of halogens is 3. The number of nitrogens with two attached hydrogens (primary N) is 1. The van der Waals surface area contributed by atoms with Crippen molar-refractivity contribution in [3.8, 4) is 0 Å². The molecule has 0 saturated carbocycles. The number of aromatic nitrogens is 2. The van der Waals surface area contributed by atoms with E-state index in [-0.39, 0.29) is 11.8 Å². The largest absolute Gasteiger partial charge is 0.522 e. The molecule has 1 atom stereocenters. The Morgan fingerprint density at radius 2 is 1.75 bits per heavy atom. The second-order valence-corrected chi connectivity index (χ2v) is 7.67. The summed E-state index contributed by atoms with van der Waals surface area (Å²) in [5.41, 5.74) is 0.179. The topological polar surface area (TPSA) is 153 Å². The maximum absolute atomic E-state index is 10.7. The molecule has 1 aromatic rings. The van der Waals surface area contributed by atoms with E-state index in [4.69, 9.17) is 23.3 Å². The Bertz CT molecular complexity index is 712. The van der Waals surface area contributed by atoms with Crippen molar-refractivity contribution in [3.63, 3.8) is 0 Å². The summed E-state index contributed by atoms with van der Waals surface area (Å²) in [6, 6.07) is -0.142. The van der Waals surface area contributed by atoms with E-state index in [1.165, 1.54) is 0 Å². The fourth-order valence-corrected chi connectivity index (χ4v) is 2.04. The van der Waals surface area contributed by atoms with Crippen LogP contribution in [0, 0.1) is 0 Å². The highest BCUT2D eigenvalue weighted by Gasteiger charge is 2.44. The second-order valence-electron chi connectivity index (χ2n) is 4.68. The quantitative estimate of drug-likeness (QED) is 0.365. The van der Waals surface area contributed by atoms with Crippen molar-refractivity contribution in [2.45, 2.75) is 37.9 Å². The molecule has 1 aromatic heterocycles. The molecular weight excluding hydrogens is 379 g/mol. The Balaban J connectivity index is 0.000000561. The summed E-state index contributed by atoms with van der Waals surface area (Å²) in [7, 11) is -9.68. The van der Waals surface area contributed by atoms with Crippen molar-refractivity contribution in [3.05, 3.63) is 18.2 Å². The molecule has 0 aliphatic rings. The fourth-order valence-electron chi connectivity index (χ4n) is 1.48. The zero-order valence-corrected chi connectivity index (χ0v) is 14.1. The van der Waals surface area contributed by atoms with Crippen LogP contribution >= 0.6 is 0 Å². The van der Waals surface area contributed by atoms with Crippen LogP contribution in [0.25, 0.3) is 0 Å². The first kappa shape index (κ1) is 22.8. The lowest BCUT2D eigenvalue weighted by atomic mass is 10.3. The number of imidazole rings is 1. The summed E-state index contributed by atoms with van der Waals surface area (Å²) in [4.78, 5) is 4.11. The van der Waals surface area contributed by atoms with Gasteiger partial charge in [-0.2, -0.15) is 30.0 Å². The molecule has 0 fully saturated rings. The van der Waals surface area contributed by atoms with Crippen LogP contribution in [0.4, 0.5) is 13.2 Å². The maximum atomic E-state index is 10.7. The minimum absolute atomic E-state index is 0.142.